The number of allylic oxidation sites excluding steroid dienone is 1. The van der Waals surface area contributed by atoms with Gasteiger partial charge in [-0.1, -0.05) is 18.2 Å². The van der Waals surface area contributed by atoms with Crippen LogP contribution in [-0.2, 0) is 0 Å². The first-order valence-corrected chi connectivity index (χ1v) is 13.5. The summed E-state index contributed by atoms with van der Waals surface area (Å²) in [6.07, 6.45) is 9.73. The molecular weight excluding hydrogens is 428 g/mol. The highest BCUT2D eigenvalue weighted by Crippen LogP contribution is 2.28. The minimum absolute atomic E-state index is 0.457. The number of benzene rings is 1. The van der Waals surface area contributed by atoms with E-state index in [-0.39, 0.29) is 0 Å². The Labute approximate surface area is 202 Å². The maximum absolute atomic E-state index is 4.82. The second kappa shape index (κ2) is 10.6. The van der Waals surface area contributed by atoms with E-state index >= 15 is 0 Å². The number of nitrogens with zero attached hydrogens (tertiary/aromatic N) is 4. The Morgan fingerprint density at radius 3 is 2.67 bits per heavy atom. The summed E-state index contributed by atoms with van der Waals surface area (Å²) in [6, 6.07) is 9.38. The van der Waals surface area contributed by atoms with Gasteiger partial charge in [0.05, 0.1) is 5.52 Å². The molecule has 3 aliphatic rings. The van der Waals surface area contributed by atoms with Gasteiger partial charge in [0.2, 0.25) is 5.95 Å². The highest BCUT2D eigenvalue weighted by Gasteiger charge is 2.27. The summed E-state index contributed by atoms with van der Waals surface area (Å²) < 4.78 is 0. The summed E-state index contributed by atoms with van der Waals surface area (Å²) in [5.74, 6) is 2.55. The number of likely N-dealkylation sites (tertiary alicyclic amines) is 1. The molecule has 2 aromatic rings. The van der Waals surface area contributed by atoms with Crippen molar-refractivity contribution in [1.82, 2.24) is 20.2 Å². The van der Waals surface area contributed by atoms with Crippen LogP contribution >= 0.6 is 11.8 Å². The molecule has 2 atom stereocenters. The van der Waals surface area contributed by atoms with Gasteiger partial charge in [0.15, 0.2) is 0 Å². The average Bonchev–Trinajstić information content (AvgIpc) is 3.50. The van der Waals surface area contributed by atoms with Gasteiger partial charge in [0.1, 0.15) is 5.82 Å². The van der Waals surface area contributed by atoms with Gasteiger partial charge in [-0.05, 0) is 75.1 Å². The van der Waals surface area contributed by atoms with Crippen LogP contribution in [0.5, 0.6) is 0 Å². The van der Waals surface area contributed by atoms with E-state index in [0.29, 0.717) is 12.1 Å². The van der Waals surface area contributed by atoms with Crippen LogP contribution in [0.3, 0.4) is 0 Å². The van der Waals surface area contributed by atoms with Crippen molar-refractivity contribution >= 4 is 34.4 Å². The summed E-state index contributed by atoms with van der Waals surface area (Å²) in [7, 11) is 4.09. The lowest BCUT2D eigenvalue weighted by Gasteiger charge is -2.31. The van der Waals surface area contributed by atoms with Gasteiger partial charge >= 0.3 is 0 Å². The molecule has 0 amide bonds. The number of anilines is 2. The molecule has 2 N–H and O–H groups in total. The van der Waals surface area contributed by atoms with E-state index in [1.54, 1.807) is 0 Å². The largest absolute Gasteiger partial charge is 0.362 e. The highest BCUT2D eigenvalue weighted by molar-refractivity contribution is 8.03. The van der Waals surface area contributed by atoms with E-state index in [2.05, 4.69) is 50.1 Å². The summed E-state index contributed by atoms with van der Waals surface area (Å²) in [4.78, 5) is 14.4. The second-order valence-electron chi connectivity index (χ2n) is 10.2. The Morgan fingerprint density at radius 2 is 1.88 bits per heavy atom. The van der Waals surface area contributed by atoms with Crippen molar-refractivity contribution in [3.05, 3.63) is 35.7 Å². The lowest BCUT2D eigenvalue weighted by molar-refractivity contribution is 0.306. The fraction of sp³-hybridized carbons (Fsp3) is 0.615. The first-order valence-electron chi connectivity index (χ1n) is 12.6. The predicted octanol–water partition coefficient (Wildman–Crippen LogP) is 4.35. The normalized spacial score (nSPS) is 27.9. The van der Waals surface area contributed by atoms with Crippen molar-refractivity contribution in [2.45, 2.75) is 55.9 Å². The van der Waals surface area contributed by atoms with Gasteiger partial charge < -0.3 is 20.4 Å². The molecule has 1 aromatic heterocycles. The molecule has 0 bridgehead atoms. The molecule has 6 nitrogen and oxygen atoms in total. The lowest BCUT2D eigenvalue weighted by atomic mass is 9.91. The summed E-state index contributed by atoms with van der Waals surface area (Å²) in [5, 5.41) is 11.7. The molecular formula is C26H38N6S. The van der Waals surface area contributed by atoms with Crippen LogP contribution < -0.4 is 15.5 Å². The number of fused-ring (bicyclic) bond motifs is 1. The van der Waals surface area contributed by atoms with Gasteiger partial charge in [0.25, 0.3) is 0 Å². The number of para-hydroxylation sites is 1. The van der Waals surface area contributed by atoms with Crippen LogP contribution in [0, 0.1) is 5.92 Å². The Balaban J connectivity index is 1.07. The Morgan fingerprint density at radius 1 is 1.06 bits per heavy atom. The minimum atomic E-state index is 0.457. The maximum Gasteiger partial charge on any atom is 0.225 e. The molecule has 2 aliphatic heterocycles. The van der Waals surface area contributed by atoms with Gasteiger partial charge in [-0.15, -0.1) is 11.8 Å². The zero-order valence-electron chi connectivity index (χ0n) is 20.0. The van der Waals surface area contributed by atoms with E-state index in [9.17, 15) is 0 Å². The van der Waals surface area contributed by atoms with Crippen molar-refractivity contribution in [2.75, 3.05) is 50.5 Å². The average molecular weight is 467 g/mol. The molecule has 7 heteroatoms. The van der Waals surface area contributed by atoms with Crippen LogP contribution in [0.25, 0.3) is 10.9 Å². The molecule has 178 valence electrons. The lowest BCUT2D eigenvalue weighted by Crippen LogP contribution is -2.40. The number of rotatable bonds is 8. The third kappa shape index (κ3) is 5.81. The van der Waals surface area contributed by atoms with Crippen LogP contribution in [0.1, 0.15) is 38.5 Å². The molecule has 5 rings (SSSR count). The SMILES string of the molecule is CN(C)c1nc(NC2CCC(NCC3CCN(CC4CC=CS4)C3)CC2)nc2ccccc12. The molecule has 33 heavy (non-hydrogen) atoms. The van der Waals surface area contributed by atoms with Crippen LogP contribution in [0.15, 0.2) is 35.7 Å². The number of nitrogens with one attached hydrogen (secondary N) is 2. The molecule has 0 spiro atoms. The van der Waals surface area contributed by atoms with Crippen molar-refractivity contribution < 1.29 is 0 Å². The third-order valence-corrected chi connectivity index (χ3v) is 8.44. The van der Waals surface area contributed by atoms with Crippen molar-refractivity contribution in [1.29, 1.82) is 0 Å². The van der Waals surface area contributed by atoms with Gasteiger partial charge in [0, 0.05) is 49.9 Å². The molecule has 3 heterocycles. The summed E-state index contributed by atoms with van der Waals surface area (Å²) in [6.45, 7) is 4.99. The number of hydrogen-bond acceptors (Lipinski definition) is 7. The quantitative estimate of drug-likeness (QED) is 0.600. The molecule has 2 fully saturated rings. The van der Waals surface area contributed by atoms with Crippen molar-refractivity contribution in [3.8, 4) is 0 Å². The van der Waals surface area contributed by atoms with Crippen LogP contribution in [0.4, 0.5) is 11.8 Å². The summed E-state index contributed by atoms with van der Waals surface area (Å²) in [5.41, 5.74) is 1.00. The Bertz CT molecular complexity index is 947. The molecule has 1 saturated carbocycles. The van der Waals surface area contributed by atoms with Gasteiger partial charge in [-0.3, -0.25) is 0 Å². The van der Waals surface area contributed by atoms with Crippen molar-refractivity contribution in [3.63, 3.8) is 0 Å². The third-order valence-electron chi connectivity index (χ3n) is 7.36. The van der Waals surface area contributed by atoms with E-state index in [0.717, 1.165) is 33.8 Å². The predicted molar refractivity (Wildman–Crippen MR) is 141 cm³/mol. The fourth-order valence-corrected chi connectivity index (χ4v) is 6.47. The van der Waals surface area contributed by atoms with E-state index in [1.807, 2.05) is 31.9 Å². The fourth-order valence-electron chi connectivity index (χ4n) is 5.50. The highest BCUT2D eigenvalue weighted by atomic mass is 32.2. The van der Waals surface area contributed by atoms with Crippen LogP contribution in [0.2, 0.25) is 0 Å². The number of aromatic nitrogens is 2. The zero-order chi connectivity index (χ0) is 22.6. The number of hydrogen-bond donors (Lipinski definition) is 2. The Kier molecular flexibility index (Phi) is 7.38. The van der Waals surface area contributed by atoms with Gasteiger partial charge in [-0.25, -0.2) is 4.98 Å². The zero-order valence-corrected chi connectivity index (χ0v) is 20.9. The van der Waals surface area contributed by atoms with E-state index in [4.69, 9.17) is 9.97 Å². The molecule has 1 saturated heterocycles. The first-order chi connectivity index (χ1) is 16.1. The van der Waals surface area contributed by atoms with E-state index in [1.165, 1.54) is 64.7 Å². The second-order valence-corrected chi connectivity index (χ2v) is 11.4. The molecule has 1 aromatic carbocycles. The molecule has 2 unspecified atom stereocenters. The standard InChI is InChI=1S/C26H38N6S/c1-31(2)25-23-7-3-4-8-24(23)29-26(30-25)28-21-11-9-20(10-12-21)27-16-19-13-14-32(17-19)18-22-6-5-15-33-22/h3-5,7-8,15,19-22,27H,6,9-14,16-18H2,1-2H3,(H,28,29,30). The topological polar surface area (TPSA) is 56.3 Å². The smallest absolute Gasteiger partial charge is 0.225 e. The van der Waals surface area contributed by atoms with Crippen LogP contribution in [-0.4, -0.2) is 72.5 Å². The van der Waals surface area contributed by atoms with Crippen molar-refractivity contribution in [2.24, 2.45) is 5.92 Å². The summed E-state index contributed by atoms with van der Waals surface area (Å²) >= 11 is 2.01. The van der Waals surface area contributed by atoms with Gasteiger partial charge in [-0.2, -0.15) is 4.98 Å². The first kappa shape index (κ1) is 22.9. The Hall–Kier alpha value is -1.83. The molecule has 1 aliphatic carbocycles. The number of thioether (sulfide) groups is 1. The minimum Gasteiger partial charge on any atom is -0.362 e. The van der Waals surface area contributed by atoms with E-state index < -0.39 is 0 Å². The monoisotopic (exact) mass is 466 g/mol. The molecule has 0 radical (unpaired) electrons. The maximum atomic E-state index is 4.82.